The predicted octanol–water partition coefficient (Wildman–Crippen LogP) is 3.26. The van der Waals surface area contributed by atoms with Crippen molar-refractivity contribution >= 4 is 26.4 Å². The topological polar surface area (TPSA) is 49.4 Å². The molecule has 4 nitrogen and oxygen atoms in total. The summed E-state index contributed by atoms with van der Waals surface area (Å²) in [5, 5.41) is 4.67. The maximum atomic E-state index is 12.8. The first kappa shape index (κ1) is 13.1. The molecule has 1 aliphatic carbocycles. The van der Waals surface area contributed by atoms with Crippen LogP contribution in [0.1, 0.15) is 40.6 Å². The van der Waals surface area contributed by atoms with Crippen LogP contribution in [0.2, 0.25) is 0 Å². The number of anilines is 1. The summed E-state index contributed by atoms with van der Waals surface area (Å²) < 4.78 is 27.2. The van der Waals surface area contributed by atoms with E-state index in [0.29, 0.717) is 11.4 Å². The van der Waals surface area contributed by atoms with Crippen molar-refractivity contribution in [3.05, 3.63) is 45.8 Å². The molecule has 1 N–H and O–H groups in total. The van der Waals surface area contributed by atoms with Crippen molar-refractivity contribution < 1.29 is 8.42 Å². The van der Waals surface area contributed by atoms with Crippen LogP contribution < -0.4 is 5.32 Å². The Bertz CT molecular complexity index is 886. The van der Waals surface area contributed by atoms with E-state index in [0.717, 1.165) is 18.4 Å². The lowest BCUT2D eigenvalue weighted by molar-refractivity contribution is 0.349. The Morgan fingerprint density at radius 1 is 1.14 bits per heavy atom. The molecule has 22 heavy (non-hydrogen) atoms. The van der Waals surface area contributed by atoms with E-state index in [1.807, 2.05) is 23.5 Å². The average Bonchev–Trinajstić information content (AvgIpc) is 3.00. The Balaban J connectivity index is 1.67. The third-order valence-corrected chi connectivity index (χ3v) is 8.10. The van der Waals surface area contributed by atoms with Gasteiger partial charge in [0, 0.05) is 22.5 Å². The minimum Gasteiger partial charge on any atom is -0.356 e. The fourth-order valence-corrected chi connectivity index (χ4v) is 6.93. The second-order valence-electron chi connectivity index (χ2n) is 6.15. The maximum Gasteiger partial charge on any atom is 0.245 e. The van der Waals surface area contributed by atoms with E-state index in [4.69, 9.17) is 0 Å². The van der Waals surface area contributed by atoms with Gasteiger partial charge in [-0.15, -0.1) is 11.3 Å². The highest BCUT2D eigenvalue weighted by Gasteiger charge is 2.46. The van der Waals surface area contributed by atoms with Crippen molar-refractivity contribution in [2.75, 3.05) is 5.32 Å². The predicted molar refractivity (Wildman–Crippen MR) is 86.5 cm³/mol. The fourth-order valence-electron chi connectivity index (χ4n) is 3.88. The summed E-state index contributed by atoms with van der Waals surface area (Å²) in [7, 11) is -3.38. The molecule has 3 heterocycles. The van der Waals surface area contributed by atoms with Crippen LogP contribution >= 0.6 is 11.3 Å². The molecule has 114 valence electrons. The molecule has 0 bridgehead atoms. The van der Waals surface area contributed by atoms with Gasteiger partial charge in [-0.3, -0.25) is 0 Å². The number of aryl methyl sites for hydroxylation is 1. The molecule has 1 aromatic heterocycles. The van der Waals surface area contributed by atoms with E-state index >= 15 is 0 Å². The molecule has 0 radical (unpaired) electrons. The lowest BCUT2D eigenvalue weighted by Gasteiger charge is -2.30. The molecular weight excluding hydrogens is 316 g/mol. The summed E-state index contributed by atoms with van der Waals surface area (Å²) in [4.78, 5) is 1.91. The summed E-state index contributed by atoms with van der Waals surface area (Å²) in [5.74, 6) is 0. The summed E-state index contributed by atoms with van der Waals surface area (Å²) in [6, 6.07) is 7.35. The maximum absolute atomic E-state index is 12.8. The molecule has 2 aliphatic heterocycles. The van der Waals surface area contributed by atoms with Crippen molar-refractivity contribution in [2.45, 2.75) is 43.3 Å². The minimum atomic E-state index is -3.38. The molecule has 0 spiro atoms. The fraction of sp³-hybridized carbons (Fsp3) is 0.375. The number of sulfonamides is 1. The number of rotatable bonds is 0. The minimum absolute atomic E-state index is 0.242. The van der Waals surface area contributed by atoms with Gasteiger partial charge in [0.2, 0.25) is 10.0 Å². The molecule has 0 fully saturated rings. The van der Waals surface area contributed by atoms with Crippen LogP contribution in [0.4, 0.5) is 5.00 Å². The van der Waals surface area contributed by atoms with Crippen LogP contribution in [0, 0.1) is 0 Å². The Morgan fingerprint density at radius 2 is 1.95 bits per heavy atom. The van der Waals surface area contributed by atoms with E-state index in [-0.39, 0.29) is 6.17 Å². The van der Waals surface area contributed by atoms with Gasteiger partial charge >= 0.3 is 0 Å². The van der Waals surface area contributed by atoms with Gasteiger partial charge in [0.15, 0.2) is 0 Å². The number of nitrogens with zero attached hydrogens (tertiary/aromatic N) is 1. The van der Waals surface area contributed by atoms with Crippen LogP contribution in [-0.2, 0) is 29.4 Å². The first-order valence-electron chi connectivity index (χ1n) is 7.67. The quantitative estimate of drug-likeness (QED) is 0.805. The number of hydrogen-bond acceptors (Lipinski definition) is 4. The molecule has 0 amide bonds. The summed E-state index contributed by atoms with van der Waals surface area (Å²) in [6.07, 6.45) is 4.46. The van der Waals surface area contributed by atoms with Gasteiger partial charge < -0.3 is 5.32 Å². The molecule has 6 heteroatoms. The molecule has 5 rings (SSSR count). The zero-order valence-corrected chi connectivity index (χ0v) is 13.6. The van der Waals surface area contributed by atoms with Crippen LogP contribution in [0.3, 0.4) is 0 Å². The van der Waals surface area contributed by atoms with Crippen molar-refractivity contribution in [3.8, 4) is 0 Å². The van der Waals surface area contributed by atoms with Gasteiger partial charge in [0.1, 0.15) is 6.17 Å². The van der Waals surface area contributed by atoms with E-state index in [2.05, 4.69) is 5.32 Å². The molecular formula is C16H16N2O2S2. The van der Waals surface area contributed by atoms with Gasteiger partial charge in [-0.05, 0) is 37.3 Å². The molecule has 3 aliphatic rings. The van der Waals surface area contributed by atoms with Crippen LogP contribution in [0.15, 0.2) is 29.2 Å². The first-order valence-corrected chi connectivity index (χ1v) is 9.92. The van der Waals surface area contributed by atoms with Crippen LogP contribution in [-0.4, -0.2) is 12.7 Å². The van der Waals surface area contributed by atoms with E-state index in [9.17, 15) is 8.42 Å². The molecule has 1 aromatic carbocycles. The Labute approximate surface area is 133 Å². The third-order valence-electron chi connectivity index (χ3n) is 4.95. The van der Waals surface area contributed by atoms with E-state index < -0.39 is 10.0 Å². The Kier molecular flexibility index (Phi) is 2.58. The number of nitrogens with one attached hydrogen (secondary N) is 1. The van der Waals surface area contributed by atoms with E-state index in [1.165, 1.54) is 33.8 Å². The van der Waals surface area contributed by atoms with Crippen molar-refractivity contribution in [1.82, 2.24) is 4.31 Å². The van der Waals surface area contributed by atoms with E-state index in [1.54, 1.807) is 16.4 Å². The van der Waals surface area contributed by atoms with Crippen LogP contribution in [0.5, 0.6) is 0 Å². The Morgan fingerprint density at radius 3 is 2.86 bits per heavy atom. The molecule has 0 saturated carbocycles. The van der Waals surface area contributed by atoms with Gasteiger partial charge in [-0.2, -0.15) is 4.31 Å². The highest BCUT2D eigenvalue weighted by molar-refractivity contribution is 7.89. The lowest BCUT2D eigenvalue weighted by atomic mass is 9.95. The summed E-state index contributed by atoms with van der Waals surface area (Å²) >= 11 is 1.83. The second kappa shape index (κ2) is 4.34. The SMILES string of the molecule is O=S1(=O)c2ccccc2C2Nc3sc4c(c3CN21)CCCC4. The standard InChI is InChI=1S/C16H16N2O2S2/c19-22(20)14-8-4-2-6-11(14)15-17-16-12(9-18(15)22)10-5-1-3-7-13(10)21-16/h2,4,6,8,15,17H,1,3,5,7,9H2. The molecule has 1 atom stereocenters. The average molecular weight is 332 g/mol. The highest BCUT2D eigenvalue weighted by atomic mass is 32.2. The number of hydrogen-bond donors (Lipinski definition) is 1. The summed E-state index contributed by atoms with van der Waals surface area (Å²) in [6.45, 7) is 0.510. The zero-order valence-electron chi connectivity index (χ0n) is 12.0. The van der Waals surface area contributed by atoms with Gasteiger partial charge in [-0.25, -0.2) is 8.42 Å². The number of fused-ring (bicyclic) bond motifs is 6. The Hall–Kier alpha value is -1.37. The first-order chi connectivity index (χ1) is 10.7. The van der Waals surface area contributed by atoms with Gasteiger partial charge in [-0.1, -0.05) is 18.2 Å². The van der Waals surface area contributed by atoms with Gasteiger partial charge in [0.25, 0.3) is 0 Å². The number of thiophene rings is 1. The highest BCUT2D eigenvalue weighted by Crippen LogP contribution is 2.49. The molecule has 2 aromatic rings. The monoisotopic (exact) mass is 332 g/mol. The smallest absolute Gasteiger partial charge is 0.245 e. The van der Waals surface area contributed by atoms with Gasteiger partial charge in [0.05, 0.1) is 9.90 Å². The largest absolute Gasteiger partial charge is 0.356 e. The van der Waals surface area contributed by atoms with Crippen molar-refractivity contribution in [2.24, 2.45) is 0 Å². The van der Waals surface area contributed by atoms with Crippen LogP contribution in [0.25, 0.3) is 0 Å². The summed E-state index contributed by atoms with van der Waals surface area (Å²) in [5.41, 5.74) is 3.50. The third kappa shape index (κ3) is 1.58. The van der Waals surface area contributed by atoms with Crippen molar-refractivity contribution in [1.29, 1.82) is 0 Å². The normalized spacial score (nSPS) is 24.8. The molecule has 1 unspecified atom stereocenters. The second-order valence-corrected chi connectivity index (χ2v) is 9.12. The lowest BCUT2D eigenvalue weighted by Crippen LogP contribution is -2.35. The zero-order chi connectivity index (χ0) is 14.9. The number of benzene rings is 1. The van der Waals surface area contributed by atoms with Crippen molar-refractivity contribution in [3.63, 3.8) is 0 Å². The molecule has 0 saturated heterocycles.